The van der Waals surface area contributed by atoms with E-state index in [0.717, 1.165) is 48.4 Å². The Bertz CT molecular complexity index is 1400. The van der Waals surface area contributed by atoms with Gasteiger partial charge in [0.15, 0.2) is 0 Å². The zero-order valence-electron chi connectivity index (χ0n) is 23.4. The minimum atomic E-state index is -0.249. The van der Waals surface area contributed by atoms with Crippen LogP contribution in [0.25, 0.3) is 0 Å². The largest absolute Gasteiger partial charge is 0.462 e. The number of carbonyl (C=O) groups excluding carboxylic acids is 1. The van der Waals surface area contributed by atoms with Crippen molar-refractivity contribution >= 4 is 34.9 Å². The van der Waals surface area contributed by atoms with Crippen LogP contribution in [0.1, 0.15) is 54.1 Å². The summed E-state index contributed by atoms with van der Waals surface area (Å²) >= 11 is 13.2. The predicted octanol–water partition coefficient (Wildman–Crippen LogP) is 4.38. The lowest BCUT2D eigenvalue weighted by atomic mass is 10.1. The quantitative estimate of drug-likeness (QED) is 0.436. The highest BCUT2D eigenvalue weighted by atomic mass is 35.5. The van der Waals surface area contributed by atoms with Gasteiger partial charge in [0.25, 0.3) is 0 Å². The summed E-state index contributed by atoms with van der Waals surface area (Å²) in [5.74, 6) is 0.681. The molecular weight excluding hydrogens is 561 g/mol. The van der Waals surface area contributed by atoms with E-state index in [9.17, 15) is 10.1 Å². The first-order chi connectivity index (χ1) is 19.9. The van der Waals surface area contributed by atoms with E-state index in [-0.39, 0.29) is 24.4 Å². The van der Waals surface area contributed by atoms with Gasteiger partial charge in [-0.2, -0.15) is 15.2 Å². The molecule has 2 fully saturated rings. The first kappa shape index (κ1) is 28.2. The van der Waals surface area contributed by atoms with Gasteiger partial charge in [0.2, 0.25) is 5.91 Å². The standard InChI is InChI=1S/C30H35Cl2N7O2/c1-3-26(40)39-14-13-37(15-20(39)10-11-33)29-22-16-38(25-9-7-19-6-8-23(31)28(32)27(19)25)17-24(22)34-30(35-29)41-18-21-5-4-12-36(21)2/h3,6,8,20-21,25H,1,4-5,7,9-10,12-18H2,2H3/t20-,21-,25?/m0/s1. The van der Waals surface area contributed by atoms with Crippen LogP contribution in [0.2, 0.25) is 10.0 Å². The smallest absolute Gasteiger partial charge is 0.318 e. The number of halogens is 2. The average Bonchev–Trinajstić information content (AvgIpc) is 3.71. The molecule has 4 heterocycles. The lowest BCUT2D eigenvalue weighted by Crippen LogP contribution is -2.55. The number of aromatic nitrogens is 2. The Kier molecular flexibility index (Phi) is 8.10. The van der Waals surface area contributed by atoms with Gasteiger partial charge in [-0.25, -0.2) is 0 Å². The van der Waals surface area contributed by atoms with Crippen LogP contribution in [0.3, 0.4) is 0 Å². The fourth-order valence-corrected chi connectivity index (χ4v) is 7.34. The molecule has 1 amide bonds. The highest BCUT2D eigenvalue weighted by molar-refractivity contribution is 6.42. The van der Waals surface area contributed by atoms with Crippen molar-refractivity contribution in [2.75, 3.05) is 44.7 Å². The molecule has 0 N–H and O–H groups in total. The van der Waals surface area contributed by atoms with E-state index in [1.165, 1.54) is 18.1 Å². The topological polar surface area (TPSA) is 88.8 Å². The van der Waals surface area contributed by atoms with E-state index in [0.29, 0.717) is 61.4 Å². The number of benzene rings is 1. The minimum Gasteiger partial charge on any atom is -0.462 e. The van der Waals surface area contributed by atoms with Gasteiger partial charge in [0, 0.05) is 50.4 Å². The fraction of sp³-hybridized carbons (Fsp3) is 0.533. The summed E-state index contributed by atoms with van der Waals surface area (Å²) in [7, 11) is 2.13. The maximum atomic E-state index is 12.5. The number of likely N-dealkylation sites (tertiary alicyclic amines) is 1. The second kappa shape index (κ2) is 11.8. The zero-order valence-corrected chi connectivity index (χ0v) is 24.9. The normalized spacial score (nSPS) is 24.3. The van der Waals surface area contributed by atoms with Crippen molar-refractivity contribution in [3.8, 4) is 12.1 Å². The Morgan fingerprint density at radius 1 is 1.20 bits per heavy atom. The number of hydrogen-bond acceptors (Lipinski definition) is 8. The molecule has 0 radical (unpaired) electrons. The first-order valence-corrected chi connectivity index (χ1v) is 15.1. The monoisotopic (exact) mass is 595 g/mol. The number of rotatable bonds is 7. The van der Waals surface area contributed by atoms with E-state index in [1.54, 1.807) is 4.90 Å². The van der Waals surface area contributed by atoms with Crippen molar-refractivity contribution in [3.63, 3.8) is 0 Å². The van der Waals surface area contributed by atoms with E-state index in [1.807, 2.05) is 6.07 Å². The molecule has 0 spiro atoms. The minimum absolute atomic E-state index is 0.142. The van der Waals surface area contributed by atoms with E-state index in [2.05, 4.69) is 40.5 Å². The van der Waals surface area contributed by atoms with Gasteiger partial charge < -0.3 is 19.4 Å². The van der Waals surface area contributed by atoms with E-state index >= 15 is 0 Å². The van der Waals surface area contributed by atoms with Gasteiger partial charge >= 0.3 is 6.01 Å². The van der Waals surface area contributed by atoms with Crippen LogP contribution in [0.15, 0.2) is 24.8 Å². The highest BCUT2D eigenvalue weighted by Gasteiger charge is 2.38. The second-order valence-electron chi connectivity index (χ2n) is 11.4. The third kappa shape index (κ3) is 5.39. The summed E-state index contributed by atoms with van der Waals surface area (Å²) in [4.78, 5) is 31.1. The summed E-state index contributed by atoms with van der Waals surface area (Å²) in [5, 5.41) is 10.7. The molecule has 2 saturated heterocycles. The number of nitriles is 1. The molecule has 9 nitrogen and oxygen atoms in total. The van der Waals surface area contributed by atoms with Crippen molar-refractivity contribution in [1.29, 1.82) is 5.26 Å². The Morgan fingerprint density at radius 2 is 2.05 bits per heavy atom. The number of anilines is 1. The van der Waals surface area contributed by atoms with Crippen LogP contribution in [-0.2, 0) is 24.3 Å². The van der Waals surface area contributed by atoms with Crippen molar-refractivity contribution < 1.29 is 9.53 Å². The van der Waals surface area contributed by atoms with Crippen LogP contribution >= 0.6 is 23.2 Å². The van der Waals surface area contributed by atoms with Crippen molar-refractivity contribution in [3.05, 3.63) is 57.2 Å². The Hall–Kier alpha value is -2.90. The molecule has 6 rings (SSSR count). The van der Waals surface area contributed by atoms with Crippen LogP contribution < -0.4 is 9.64 Å². The van der Waals surface area contributed by atoms with Crippen molar-refractivity contribution in [1.82, 2.24) is 24.7 Å². The zero-order chi connectivity index (χ0) is 28.7. The number of aryl methyl sites for hydroxylation is 1. The Balaban J connectivity index is 1.31. The van der Waals surface area contributed by atoms with Gasteiger partial charge in [0.1, 0.15) is 12.4 Å². The number of nitrogens with zero attached hydrogens (tertiary/aromatic N) is 7. The SMILES string of the molecule is C=CC(=O)N1CCN(c2nc(OC[C@@H]3CCCN3C)nc3c2CN(C2CCc4ccc(Cl)c(Cl)c42)C3)C[C@@H]1CC#N. The Labute approximate surface area is 251 Å². The van der Waals surface area contributed by atoms with Crippen LogP contribution in [-0.4, -0.2) is 82.5 Å². The fourth-order valence-electron chi connectivity index (χ4n) is 6.87. The maximum absolute atomic E-state index is 12.5. The molecule has 4 aliphatic rings. The molecule has 3 atom stereocenters. The molecule has 1 aromatic heterocycles. The summed E-state index contributed by atoms with van der Waals surface area (Å²) in [6.07, 6.45) is 5.76. The number of carbonyl (C=O) groups is 1. The molecule has 3 aliphatic heterocycles. The molecule has 0 saturated carbocycles. The summed E-state index contributed by atoms with van der Waals surface area (Å²) in [6.45, 7) is 8.20. The molecule has 1 unspecified atom stereocenters. The lowest BCUT2D eigenvalue weighted by molar-refractivity contribution is -0.128. The predicted molar refractivity (Wildman–Crippen MR) is 158 cm³/mol. The van der Waals surface area contributed by atoms with Crippen LogP contribution in [0.4, 0.5) is 5.82 Å². The third-order valence-corrected chi connectivity index (χ3v) is 9.91. The van der Waals surface area contributed by atoms with Gasteiger partial charge in [-0.05, 0) is 62.5 Å². The van der Waals surface area contributed by atoms with Gasteiger partial charge in [0.05, 0.1) is 34.3 Å². The van der Waals surface area contributed by atoms with Gasteiger partial charge in [-0.15, -0.1) is 0 Å². The van der Waals surface area contributed by atoms with E-state index < -0.39 is 0 Å². The first-order valence-electron chi connectivity index (χ1n) is 14.4. The van der Waals surface area contributed by atoms with Crippen LogP contribution in [0.5, 0.6) is 6.01 Å². The number of ether oxygens (including phenoxy) is 1. The lowest BCUT2D eigenvalue weighted by Gasteiger charge is -2.41. The summed E-state index contributed by atoms with van der Waals surface area (Å²) < 4.78 is 6.24. The molecule has 11 heteroatoms. The summed E-state index contributed by atoms with van der Waals surface area (Å²) in [6, 6.07) is 6.85. The molecule has 41 heavy (non-hydrogen) atoms. The third-order valence-electron chi connectivity index (χ3n) is 9.09. The van der Waals surface area contributed by atoms with Crippen molar-refractivity contribution in [2.45, 2.75) is 63.3 Å². The number of amides is 1. The Morgan fingerprint density at radius 3 is 2.80 bits per heavy atom. The second-order valence-corrected chi connectivity index (χ2v) is 12.2. The van der Waals surface area contributed by atoms with Crippen molar-refractivity contribution in [2.24, 2.45) is 0 Å². The number of piperazine rings is 1. The summed E-state index contributed by atoms with van der Waals surface area (Å²) in [5.41, 5.74) is 4.39. The molecule has 1 aromatic carbocycles. The molecule has 216 valence electrons. The molecule has 1 aliphatic carbocycles. The maximum Gasteiger partial charge on any atom is 0.318 e. The van der Waals surface area contributed by atoms with Gasteiger partial charge in [-0.1, -0.05) is 35.8 Å². The average molecular weight is 597 g/mol. The number of fused-ring (bicyclic) bond motifs is 2. The molecule has 0 bridgehead atoms. The molecular formula is C30H35Cl2N7O2. The highest BCUT2D eigenvalue weighted by Crippen LogP contribution is 2.46. The van der Waals surface area contributed by atoms with E-state index in [4.69, 9.17) is 37.9 Å². The number of likely N-dealkylation sites (N-methyl/N-ethyl adjacent to an activating group) is 1. The van der Waals surface area contributed by atoms with Crippen LogP contribution in [0, 0.1) is 11.3 Å². The van der Waals surface area contributed by atoms with Gasteiger partial charge in [-0.3, -0.25) is 9.69 Å². The molecule has 2 aromatic rings. The number of hydrogen-bond donors (Lipinski definition) is 0.